The van der Waals surface area contributed by atoms with Crippen LogP contribution in [0.25, 0.3) is 10.6 Å². The maximum atomic E-state index is 12.4. The van der Waals surface area contributed by atoms with E-state index in [4.69, 9.17) is 9.26 Å². The van der Waals surface area contributed by atoms with Gasteiger partial charge in [-0.1, -0.05) is 17.3 Å². The van der Waals surface area contributed by atoms with Crippen molar-refractivity contribution in [1.29, 1.82) is 0 Å². The zero-order chi connectivity index (χ0) is 17.8. The first-order valence-electron chi connectivity index (χ1n) is 8.67. The van der Waals surface area contributed by atoms with Gasteiger partial charge in [-0.2, -0.15) is 0 Å². The predicted octanol–water partition coefficient (Wildman–Crippen LogP) is 3.92. The molecule has 1 N–H and O–H groups in total. The number of hydrogen-bond acceptors (Lipinski definition) is 6. The summed E-state index contributed by atoms with van der Waals surface area (Å²) in [6.07, 6.45) is 5.40. The Bertz CT molecular complexity index is 840. The molecule has 1 aliphatic rings. The van der Waals surface area contributed by atoms with Crippen LogP contribution in [0.2, 0.25) is 0 Å². The second-order valence-corrected chi connectivity index (χ2v) is 7.23. The monoisotopic (exact) mass is 369 g/mol. The van der Waals surface area contributed by atoms with Crippen molar-refractivity contribution in [2.24, 2.45) is 0 Å². The van der Waals surface area contributed by atoms with Crippen LogP contribution < -0.4 is 10.1 Å². The largest absolute Gasteiger partial charge is 0.474 e. The van der Waals surface area contributed by atoms with Crippen LogP contribution in [0, 0.1) is 0 Å². The van der Waals surface area contributed by atoms with Crippen LogP contribution in [0.15, 0.2) is 52.5 Å². The van der Waals surface area contributed by atoms with Crippen LogP contribution in [0.3, 0.4) is 0 Å². The van der Waals surface area contributed by atoms with E-state index in [2.05, 4.69) is 15.5 Å². The highest BCUT2D eigenvalue weighted by molar-refractivity contribution is 7.13. The second kappa shape index (κ2) is 7.70. The summed E-state index contributed by atoms with van der Waals surface area (Å²) < 4.78 is 11.2. The van der Waals surface area contributed by atoms with Gasteiger partial charge in [0.15, 0.2) is 11.5 Å². The topological polar surface area (TPSA) is 77.2 Å². The lowest BCUT2D eigenvalue weighted by Crippen LogP contribution is -2.39. The van der Waals surface area contributed by atoms with Crippen molar-refractivity contribution < 1.29 is 14.1 Å². The van der Waals surface area contributed by atoms with Crippen LogP contribution in [-0.4, -0.2) is 28.2 Å². The summed E-state index contributed by atoms with van der Waals surface area (Å²) in [5, 5.41) is 8.91. The van der Waals surface area contributed by atoms with Gasteiger partial charge in [-0.15, -0.1) is 11.3 Å². The van der Waals surface area contributed by atoms with Gasteiger partial charge in [0.25, 0.3) is 5.91 Å². The Morgan fingerprint density at radius 3 is 2.81 bits per heavy atom. The summed E-state index contributed by atoms with van der Waals surface area (Å²) in [6.45, 7) is 0. The first-order valence-corrected chi connectivity index (χ1v) is 9.55. The fourth-order valence-corrected chi connectivity index (χ4v) is 3.76. The van der Waals surface area contributed by atoms with E-state index in [1.165, 1.54) is 0 Å². The lowest BCUT2D eigenvalue weighted by Gasteiger charge is -2.28. The molecule has 3 heterocycles. The molecule has 1 fully saturated rings. The molecule has 0 unspecified atom stereocenters. The van der Waals surface area contributed by atoms with Gasteiger partial charge in [0.05, 0.1) is 4.88 Å². The van der Waals surface area contributed by atoms with Gasteiger partial charge in [0, 0.05) is 24.4 Å². The quantitative estimate of drug-likeness (QED) is 0.738. The van der Waals surface area contributed by atoms with Crippen LogP contribution in [-0.2, 0) is 0 Å². The minimum Gasteiger partial charge on any atom is -0.474 e. The third-order valence-electron chi connectivity index (χ3n) is 4.44. The number of amides is 1. The van der Waals surface area contributed by atoms with E-state index < -0.39 is 0 Å². The maximum absolute atomic E-state index is 12.4. The molecule has 0 bridgehead atoms. The fourth-order valence-electron chi connectivity index (χ4n) is 3.09. The number of nitrogens with one attached hydrogen (secondary N) is 1. The molecule has 4 rings (SSSR count). The van der Waals surface area contributed by atoms with Crippen molar-refractivity contribution in [1.82, 2.24) is 15.5 Å². The Morgan fingerprint density at radius 1 is 1.19 bits per heavy atom. The number of nitrogens with zero attached hydrogens (tertiary/aromatic N) is 2. The lowest BCUT2D eigenvalue weighted by molar-refractivity contribution is 0.0881. The van der Waals surface area contributed by atoms with Crippen molar-refractivity contribution in [3.63, 3.8) is 0 Å². The molecule has 134 valence electrons. The van der Waals surface area contributed by atoms with Crippen LogP contribution in [0.5, 0.6) is 5.88 Å². The zero-order valence-electron chi connectivity index (χ0n) is 14.1. The van der Waals surface area contributed by atoms with E-state index in [1.807, 2.05) is 35.7 Å². The minimum absolute atomic E-state index is 0.132. The Kier molecular flexibility index (Phi) is 4.97. The Hall–Kier alpha value is -2.67. The molecule has 0 atom stereocenters. The normalized spacial score (nSPS) is 19.8. The Morgan fingerprint density at radius 2 is 2.08 bits per heavy atom. The molecule has 6 nitrogen and oxygen atoms in total. The summed E-state index contributed by atoms with van der Waals surface area (Å²) in [4.78, 5) is 17.6. The second-order valence-electron chi connectivity index (χ2n) is 6.29. The molecule has 0 aromatic carbocycles. The summed E-state index contributed by atoms with van der Waals surface area (Å²) in [5.41, 5.74) is 0.320. The van der Waals surface area contributed by atoms with E-state index in [-0.39, 0.29) is 18.1 Å². The first-order chi connectivity index (χ1) is 12.8. The highest BCUT2D eigenvalue weighted by Crippen LogP contribution is 2.26. The molecular formula is C19H19N3O3S. The number of aromatic nitrogens is 2. The average molecular weight is 369 g/mol. The van der Waals surface area contributed by atoms with Crippen LogP contribution in [0.4, 0.5) is 0 Å². The maximum Gasteiger partial charge on any atom is 0.273 e. The standard InChI is InChI=1S/C19H19N3O3S/c23-19(15-12-16(25-22-15)17-4-3-11-26-17)21-13-6-8-14(9-7-13)24-18-5-1-2-10-20-18/h1-5,10-14H,6-9H2,(H,21,23). The van der Waals surface area contributed by atoms with Gasteiger partial charge in [0.2, 0.25) is 5.88 Å². The van der Waals surface area contributed by atoms with Crippen molar-refractivity contribution in [2.45, 2.75) is 37.8 Å². The van der Waals surface area contributed by atoms with E-state index in [9.17, 15) is 4.79 Å². The molecule has 7 heteroatoms. The smallest absolute Gasteiger partial charge is 0.273 e. The molecule has 3 aromatic heterocycles. The Labute approximate surface area is 155 Å². The molecule has 0 radical (unpaired) electrons. The highest BCUT2D eigenvalue weighted by Gasteiger charge is 2.25. The molecule has 26 heavy (non-hydrogen) atoms. The molecule has 0 spiro atoms. The number of thiophene rings is 1. The number of ether oxygens (including phenoxy) is 1. The van der Waals surface area contributed by atoms with E-state index in [0.717, 1.165) is 30.6 Å². The van der Waals surface area contributed by atoms with Crippen molar-refractivity contribution in [2.75, 3.05) is 0 Å². The molecule has 1 amide bonds. The molecule has 1 aliphatic carbocycles. The van der Waals surface area contributed by atoms with Gasteiger partial charge in [-0.25, -0.2) is 4.98 Å². The highest BCUT2D eigenvalue weighted by atomic mass is 32.1. The SMILES string of the molecule is O=C(NC1CCC(Oc2ccccn2)CC1)c1cc(-c2cccs2)on1. The minimum atomic E-state index is -0.189. The van der Waals surface area contributed by atoms with Crippen molar-refractivity contribution in [3.8, 4) is 16.5 Å². The zero-order valence-corrected chi connectivity index (χ0v) is 14.9. The number of rotatable bonds is 5. The number of pyridine rings is 1. The van der Waals surface area contributed by atoms with E-state index in [0.29, 0.717) is 17.3 Å². The molecule has 3 aromatic rings. The van der Waals surface area contributed by atoms with Gasteiger partial charge in [-0.3, -0.25) is 4.79 Å². The number of hydrogen-bond donors (Lipinski definition) is 1. The van der Waals surface area contributed by atoms with Crippen molar-refractivity contribution in [3.05, 3.63) is 53.7 Å². The van der Waals surface area contributed by atoms with Crippen LogP contribution in [0.1, 0.15) is 36.2 Å². The summed E-state index contributed by atoms with van der Waals surface area (Å²) in [7, 11) is 0. The molecule has 1 saturated carbocycles. The van der Waals surface area contributed by atoms with Crippen LogP contribution >= 0.6 is 11.3 Å². The lowest BCUT2D eigenvalue weighted by atomic mass is 9.93. The van der Waals surface area contributed by atoms with Gasteiger partial charge in [-0.05, 0) is 43.2 Å². The number of carbonyl (C=O) groups is 1. The third-order valence-corrected chi connectivity index (χ3v) is 5.33. The Balaban J connectivity index is 1.28. The number of carbonyl (C=O) groups excluding carboxylic acids is 1. The predicted molar refractivity (Wildman–Crippen MR) is 98.2 cm³/mol. The first kappa shape index (κ1) is 16.8. The summed E-state index contributed by atoms with van der Waals surface area (Å²) >= 11 is 1.55. The van der Waals surface area contributed by atoms with Crippen molar-refractivity contribution >= 4 is 17.2 Å². The van der Waals surface area contributed by atoms with Gasteiger partial charge < -0.3 is 14.6 Å². The summed E-state index contributed by atoms with van der Waals surface area (Å²) in [6, 6.07) is 11.3. The molecule has 0 aliphatic heterocycles. The van der Waals surface area contributed by atoms with E-state index in [1.54, 1.807) is 23.6 Å². The summed E-state index contributed by atoms with van der Waals surface area (Å²) in [5.74, 6) is 1.09. The average Bonchev–Trinajstić information content (AvgIpc) is 3.36. The van der Waals surface area contributed by atoms with E-state index >= 15 is 0 Å². The fraction of sp³-hybridized carbons (Fsp3) is 0.316. The molecular weight excluding hydrogens is 350 g/mol. The third kappa shape index (κ3) is 3.94. The van der Waals surface area contributed by atoms with Gasteiger partial charge in [0.1, 0.15) is 6.10 Å². The molecule has 0 saturated heterocycles. The van der Waals surface area contributed by atoms with Gasteiger partial charge >= 0.3 is 0 Å².